The summed E-state index contributed by atoms with van der Waals surface area (Å²) in [6, 6.07) is 4.72. The standard InChI is InChI=1S/C13H17ClN2O4/c14-11-2-1-3-12(16(18)19)13(11)15-6-4-10(5-7-15)20-9-8-17/h1-3,10,17H,4-9H2. The Hall–Kier alpha value is -1.37. The first-order valence-corrected chi connectivity index (χ1v) is 6.91. The van der Waals surface area contributed by atoms with E-state index in [0.717, 1.165) is 12.8 Å². The van der Waals surface area contributed by atoms with Gasteiger partial charge in [0.1, 0.15) is 5.69 Å². The summed E-state index contributed by atoms with van der Waals surface area (Å²) in [5.41, 5.74) is 0.520. The number of ether oxygens (including phenoxy) is 1. The smallest absolute Gasteiger partial charge is 0.294 e. The Morgan fingerprint density at radius 2 is 2.15 bits per heavy atom. The lowest BCUT2D eigenvalue weighted by molar-refractivity contribution is -0.384. The lowest BCUT2D eigenvalue weighted by Gasteiger charge is -2.33. The quantitative estimate of drug-likeness (QED) is 0.666. The molecule has 1 fully saturated rings. The number of anilines is 1. The molecule has 0 spiro atoms. The van der Waals surface area contributed by atoms with E-state index in [9.17, 15) is 10.1 Å². The first-order valence-electron chi connectivity index (χ1n) is 6.53. The maximum Gasteiger partial charge on any atom is 0.294 e. The van der Waals surface area contributed by atoms with Crippen LogP contribution in [-0.4, -0.2) is 42.4 Å². The first-order chi connectivity index (χ1) is 9.63. The molecule has 0 radical (unpaired) electrons. The van der Waals surface area contributed by atoms with E-state index in [4.69, 9.17) is 21.4 Å². The fourth-order valence-corrected chi connectivity index (χ4v) is 2.72. The topological polar surface area (TPSA) is 75.8 Å². The van der Waals surface area contributed by atoms with Crippen LogP contribution in [0.4, 0.5) is 11.4 Å². The van der Waals surface area contributed by atoms with Gasteiger partial charge in [-0.3, -0.25) is 10.1 Å². The average Bonchev–Trinajstić information content (AvgIpc) is 2.45. The molecule has 0 bridgehead atoms. The fourth-order valence-electron chi connectivity index (χ4n) is 2.43. The molecule has 0 unspecified atom stereocenters. The second kappa shape index (κ2) is 6.88. The van der Waals surface area contributed by atoms with Crippen molar-refractivity contribution < 1.29 is 14.8 Å². The summed E-state index contributed by atoms with van der Waals surface area (Å²) in [5.74, 6) is 0. The number of hydrogen-bond donors (Lipinski definition) is 1. The minimum absolute atomic E-state index is 0.0101. The number of rotatable bonds is 5. The number of nitro benzene ring substituents is 1. The number of benzene rings is 1. The van der Waals surface area contributed by atoms with Gasteiger partial charge in [-0.1, -0.05) is 17.7 Å². The lowest BCUT2D eigenvalue weighted by atomic mass is 10.1. The molecule has 1 heterocycles. The lowest BCUT2D eigenvalue weighted by Crippen LogP contribution is -2.37. The van der Waals surface area contributed by atoms with Crippen molar-refractivity contribution in [1.29, 1.82) is 0 Å². The van der Waals surface area contributed by atoms with Crippen LogP contribution in [0.15, 0.2) is 18.2 Å². The van der Waals surface area contributed by atoms with Crippen LogP contribution in [0.5, 0.6) is 0 Å². The highest BCUT2D eigenvalue weighted by atomic mass is 35.5. The van der Waals surface area contributed by atoms with Crippen LogP contribution >= 0.6 is 11.6 Å². The number of halogens is 1. The Morgan fingerprint density at radius 3 is 2.75 bits per heavy atom. The highest BCUT2D eigenvalue weighted by molar-refractivity contribution is 6.33. The van der Waals surface area contributed by atoms with Crippen molar-refractivity contribution in [3.8, 4) is 0 Å². The van der Waals surface area contributed by atoms with Gasteiger partial charge >= 0.3 is 0 Å². The van der Waals surface area contributed by atoms with Crippen molar-refractivity contribution in [3.63, 3.8) is 0 Å². The van der Waals surface area contributed by atoms with Crippen LogP contribution in [-0.2, 0) is 4.74 Å². The summed E-state index contributed by atoms with van der Waals surface area (Å²) in [6.07, 6.45) is 1.63. The Morgan fingerprint density at radius 1 is 1.45 bits per heavy atom. The molecule has 1 N–H and O–H groups in total. The van der Waals surface area contributed by atoms with Gasteiger partial charge in [-0.15, -0.1) is 0 Å². The van der Waals surface area contributed by atoms with E-state index in [1.807, 2.05) is 4.90 Å². The molecular formula is C13H17ClN2O4. The van der Waals surface area contributed by atoms with Gasteiger partial charge in [-0.05, 0) is 18.9 Å². The van der Waals surface area contributed by atoms with Crippen LogP contribution < -0.4 is 4.90 Å². The molecule has 20 heavy (non-hydrogen) atoms. The van der Waals surface area contributed by atoms with Crippen molar-refractivity contribution in [2.24, 2.45) is 0 Å². The van der Waals surface area contributed by atoms with Crippen LogP contribution in [0.2, 0.25) is 5.02 Å². The zero-order valence-electron chi connectivity index (χ0n) is 11.0. The van der Waals surface area contributed by atoms with Crippen molar-refractivity contribution in [2.75, 3.05) is 31.2 Å². The van der Waals surface area contributed by atoms with E-state index in [0.29, 0.717) is 30.4 Å². The van der Waals surface area contributed by atoms with Crippen molar-refractivity contribution in [2.45, 2.75) is 18.9 Å². The van der Waals surface area contributed by atoms with Crippen LogP contribution in [0, 0.1) is 10.1 Å². The van der Waals surface area contributed by atoms with E-state index < -0.39 is 4.92 Å². The van der Waals surface area contributed by atoms with Gasteiger partial charge in [-0.25, -0.2) is 0 Å². The van der Waals surface area contributed by atoms with E-state index in [1.165, 1.54) is 6.07 Å². The van der Waals surface area contributed by atoms with Gasteiger partial charge in [0, 0.05) is 19.2 Å². The molecular weight excluding hydrogens is 284 g/mol. The van der Waals surface area contributed by atoms with Crippen molar-refractivity contribution >= 4 is 23.0 Å². The second-order valence-corrected chi connectivity index (χ2v) is 5.05. The number of para-hydroxylation sites is 1. The summed E-state index contributed by atoms with van der Waals surface area (Å²) in [5, 5.41) is 20.2. The molecule has 1 aliphatic rings. The fraction of sp³-hybridized carbons (Fsp3) is 0.538. The van der Waals surface area contributed by atoms with Gasteiger partial charge in [0.15, 0.2) is 0 Å². The van der Waals surface area contributed by atoms with Crippen molar-refractivity contribution in [1.82, 2.24) is 0 Å². The molecule has 1 aromatic carbocycles. The first kappa shape index (κ1) is 15.0. The number of nitrogens with zero attached hydrogens (tertiary/aromatic N) is 2. The molecule has 0 amide bonds. The third-order valence-electron chi connectivity index (χ3n) is 3.37. The van der Waals surface area contributed by atoms with E-state index in [1.54, 1.807) is 12.1 Å². The highest BCUT2D eigenvalue weighted by Crippen LogP contribution is 2.36. The molecule has 0 aliphatic carbocycles. The molecule has 1 saturated heterocycles. The van der Waals surface area contributed by atoms with Gasteiger partial charge in [0.2, 0.25) is 0 Å². The number of piperidine rings is 1. The SMILES string of the molecule is O=[N+]([O-])c1cccc(Cl)c1N1CCC(OCCO)CC1. The number of hydrogen-bond acceptors (Lipinski definition) is 5. The van der Waals surface area contributed by atoms with Gasteiger partial charge in [0.05, 0.1) is 29.3 Å². The molecule has 2 rings (SSSR count). The minimum Gasteiger partial charge on any atom is -0.394 e. The van der Waals surface area contributed by atoms with E-state index in [2.05, 4.69) is 0 Å². The summed E-state index contributed by atoms with van der Waals surface area (Å²) in [4.78, 5) is 12.6. The van der Waals surface area contributed by atoms with Gasteiger partial charge < -0.3 is 14.7 Å². The molecule has 0 aromatic heterocycles. The minimum atomic E-state index is -0.407. The second-order valence-electron chi connectivity index (χ2n) is 4.65. The zero-order valence-corrected chi connectivity index (χ0v) is 11.8. The molecule has 1 aliphatic heterocycles. The molecule has 6 nitrogen and oxygen atoms in total. The Bertz CT molecular complexity index is 475. The monoisotopic (exact) mass is 300 g/mol. The summed E-state index contributed by atoms with van der Waals surface area (Å²) < 4.78 is 5.48. The maximum atomic E-state index is 11.1. The average molecular weight is 301 g/mol. The van der Waals surface area contributed by atoms with Crippen LogP contribution in [0.3, 0.4) is 0 Å². The third-order valence-corrected chi connectivity index (χ3v) is 3.67. The number of aliphatic hydroxyl groups is 1. The number of aliphatic hydroxyl groups excluding tert-OH is 1. The predicted molar refractivity (Wildman–Crippen MR) is 76.4 cm³/mol. The third kappa shape index (κ3) is 3.39. The zero-order chi connectivity index (χ0) is 14.5. The van der Waals surface area contributed by atoms with E-state index >= 15 is 0 Å². The highest BCUT2D eigenvalue weighted by Gasteiger charge is 2.26. The van der Waals surface area contributed by atoms with Crippen LogP contribution in [0.1, 0.15) is 12.8 Å². The summed E-state index contributed by atoms with van der Waals surface area (Å²) in [7, 11) is 0. The largest absolute Gasteiger partial charge is 0.394 e. The predicted octanol–water partition coefficient (Wildman–Crippen LogP) is 2.23. The molecule has 0 atom stereocenters. The normalized spacial score (nSPS) is 16.4. The Labute approximate surface area is 122 Å². The Kier molecular flexibility index (Phi) is 5.17. The molecule has 110 valence electrons. The van der Waals surface area contributed by atoms with Crippen molar-refractivity contribution in [3.05, 3.63) is 33.3 Å². The van der Waals surface area contributed by atoms with Gasteiger partial charge in [-0.2, -0.15) is 0 Å². The van der Waals surface area contributed by atoms with Crippen LogP contribution in [0.25, 0.3) is 0 Å². The molecule has 0 saturated carbocycles. The van der Waals surface area contributed by atoms with E-state index in [-0.39, 0.29) is 18.4 Å². The molecule has 7 heteroatoms. The molecule has 1 aromatic rings. The Balaban J connectivity index is 2.09. The summed E-state index contributed by atoms with van der Waals surface area (Å²) >= 11 is 6.12. The maximum absolute atomic E-state index is 11.1. The summed E-state index contributed by atoms with van der Waals surface area (Å²) in [6.45, 7) is 1.65. The number of nitro groups is 1. The van der Waals surface area contributed by atoms with Gasteiger partial charge in [0.25, 0.3) is 5.69 Å².